The van der Waals surface area contributed by atoms with Gasteiger partial charge < -0.3 is 23.6 Å². The molecule has 0 N–H and O–H groups in total. The molecular weight excluding hydrogens is 386 g/mol. The number of carbonyl (C=O) groups excluding carboxylic acids is 1. The van der Waals surface area contributed by atoms with E-state index in [0.29, 0.717) is 42.7 Å². The first kappa shape index (κ1) is 19.8. The highest BCUT2D eigenvalue weighted by molar-refractivity contribution is 5.79. The van der Waals surface area contributed by atoms with Crippen LogP contribution in [0.4, 0.5) is 0 Å². The van der Waals surface area contributed by atoms with Gasteiger partial charge in [0.05, 0.1) is 27.2 Å². The number of carbonyl (C=O) groups is 1. The van der Waals surface area contributed by atoms with Crippen LogP contribution in [0.15, 0.2) is 47.0 Å². The van der Waals surface area contributed by atoms with Crippen LogP contribution in [0.3, 0.4) is 0 Å². The van der Waals surface area contributed by atoms with E-state index >= 15 is 0 Å². The lowest BCUT2D eigenvalue weighted by Crippen LogP contribution is -2.24. The summed E-state index contributed by atoms with van der Waals surface area (Å²) in [5.41, 5.74) is 1.74. The van der Waals surface area contributed by atoms with Crippen molar-refractivity contribution < 1.29 is 23.5 Å². The Bertz CT molecular complexity index is 1030. The number of rotatable bonds is 7. The molecule has 156 valence electrons. The summed E-state index contributed by atoms with van der Waals surface area (Å²) in [5.74, 6) is 3.02. The molecule has 0 aliphatic carbocycles. The summed E-state index contributed by atoms with van der Waals surface area (Å²) in [5, 5.41) is 4.08. The Morgan fingerprint density at radius 3 is 2.47 bits per heavy atom. The molecule has 1 aliphatic rings. The maximum absolute atomic E-state index is 12.6. The predicted molar refractivity (Wildman–Crippen MR) is 109 cm³/mol. The van der Waals surface area contributed by atoms with Crippen molar-refractivity contribution in [1.29, 1.82) is 0 Å². The van der Waals surface area contributed by atoms with E-state index in [1.165, 1.54) is 0 Å². The molecule has 1 fully saturated rings. The lowest BCUT2D eigenvalue weighted by molar-refractivity contribution is -0.128. The molecule has 1 unspecified atom stereocenters. The van der Waals surface area contributed by atoms with E-state index in [4.69, 9.17) is 18.7 Å². The highest BCUT2D eigenvalue weighted by Gasteiger charge is 2.34. The lowest BCUT2D eigenvalue weighted by Gasteiger charge is -2.18. The second-order valence-corrected chi connectivity index (χ2v) is 7.04. The van der Waals surface area contributed by atoms with Gasteiger partial charge in [0.2, 0.25) is 17.6 Å². The molecule has 1 aromatic heterocycles. The van der Waals surface area contributed by atoms with Crippen LogP contribution in [0.2, 0.25) is 0 Å². The number of aromatic nitrogens is 2. The fourth-order valence-electron chi connectivity index (χ4n) is 3.54. The molecule has 1 aliphatic heterocycles. The first-order valence-corrected chi connectivity index (χ1v) is 9.58. The van der Waals surface area contributed by atoms with Gasteiger partial charge in [0.15, 0.2) is 0 Å². The van der Waals surface area contributed by atoms with Crippen LogP contribution in [0.1, 0.15) is 23.8 Å². The normalized spacial score (nSPS) is 16.0. The molecule has 2 heterocycles. The molecule has 30 heavy (non-hydrogen) atoms. The Morgan fingerprint density at radius 2 is 1.77 bits per heavy atom. The molecule has 8 nitrogen and oxygen atoms in total. The highest BCUT2D eigenvalue weighted by atomic mass is 16.5. The van der Waals surface area contributed by atoms with Gasteiger partial charge in [-0.05, 0) is 36.4 Å². The van der Waals surface area contributed by atoms with Gasteiger partial charge in [-0.2, -0.15) is 4.98 Å². The summed E-state index contributed by atoms with van der Waals surface area (Å²) < 4.78 is 21.3. The van der Waals surface area contributed by atoms with Crippen molar-refractivity contribution in [2.45, 2.75) is 18.9 Å². The van der Waals surface area contributed by atoms with Crippen LogP contribution < -0.4 is 14.2 Å². The van der Waals surface area contributed by atoms with Crippen LogP contribution in [0, 0.1) is 0 Å². The van der Waals surface area contributed by atoms with Gasteiger partial charge in [0.25, 0.3) is 0 Å². The third-order valence-corrected chi connectivity index (χ3v) is 5.21. The predicted octanol–water partition coefficient (Wildman–Crippen LogP) is 3.28. The molecule has 8 heteroatoms. The van der Waals surface area contributed by atoms with E-state index in [0.717, 1.165) is 16.9 Å². The van der Waals surface area contributed by atoms with Crippen LogP contribution in [0.5, 0.6) is 17.2 Å². The van der Waals surface area contributed by atoms with Gasteiger partial charge in [-0.3, -0.25) is 4.79 Å². The van der Waals surface area contributed by atoms with Crippen molar-refractivity contribution in [3.63, 3.8) is 0 Å². The number of likely N-dealkylation sites (tertiary alicyclic amines) is 1. The maximum atomic E-state index is 12.6. The van der Waals surface area contributed by atoms with Crippen molar-refractivity contribution in [2.75, 3.05) is 27.9 Å². The minimum atomic E-state index is -0.138. The van der Waals surface area contributed by atoms with Crippen LogP contribution in [0.25, 0.3) is 11.4 Å². The second-order valence-electron chi connectivity index (χ2n) is 7.04. The van der Waals surface area contributed by atoms with E-state index in [9.17, 15) is 4.79 Å². The van der Waals surface area contributed by atoms with Crippen molar-refractivity contribution in [1.82, 2.24) is 15.0 Å². The molecule has 3 aromatic rings. The third kappa shape index (κ3) is 3.94. The summed E-state index contributed by atoms with van der Waals surface area (Å²) in [4.78, 5) is 18.9. The minimum absolute atomic E-state index is 0.0436. The summed E-state index contributed by atoms with van der Waals surface area (Å²) >= 11 is 0. The molecule has 0 bridgehead atoms. The number of hydrogen-bond donors (Lipinski definition) is 0. The van der Waals surface area contributed by atoms with Crippen molar-refractivity contribution in [3.8, 4) is 28.6 Å². The number of methoxy groups -OCH3 is 3. The van der Waals surface area contributed by atoms with Crippen molar-refractivity contribution in [2.24, 2.45) is 0 Å². The zero-order valence-corrected chi connectivity index (χ0v) is 17.1. The van der Waals surface area contributed by atoms with Gasteiger partial charge in [-0.15, -0.1) is 0 Å². The topological polar surface area (TPSA) is 86.9 Å². The highest BCUT2D eigenvalue weighted by Crippen LogP contribution is 2.32. The number of ether oxygens (including phenoxy) is 3. The van der Waals surface area contributed by atoms with Gasteiger partial charge >= 0.3 is 0 Å². The molecule has 1 saturated heterocycles. The first-order chi connectivity index (χ1) is 14.6. The standard InChI is InChI=1S/C22H23N3O5/c1-27-17-7-4-14(5-8-17)21-23-22(30-24-21)16-10-20(26)25(13-16)12-15-6-9-18(28-2)11-19(15)29-3/h4-9,11,16H,10,12-13H2,1-3H3. The number of amides is 1. The summed E-state index contributed by atoms with van der Waals surface area (Å²) in [7, 11) is 4.82. The Hall–Kier alpha value is -3.55. The largest absolute Gasteiger partial charge is 0.497 e. The van der Waals surface area contributed by atoms with Gasteiger partial charge in [-0.1, -0.05) is 5.16 Å². The van der Waals surface area contributed by atoms with Crippen LogP contribution in [-0.2, 0) is 11.3 Å². The maximum Gasteiger partial charge on any atom is 0.232 e. The lowest BCUT2D eigenvalue weighted by atomic mass is 10.1. The zero-order valence-electron chi connectivity index (χ0n) is 17.1. The van der Waals surface area contributed by atoms with E-state index in [-0.39, 0.29) is 11.8 Å². The van der Waals surface area contributed by atoms with Gasteiger partial charge in [-0.25, -0.2) is 0 Å². The molecular formula is C22H23N3O5. The second kappa shape index (κ2) is 8.44. The minimum Gasteiger partial charge on any atom is -0.497 e. The summed E-state index contributed by atoms with van der Waals surface area (Å²) in [6, 6.07) is 13.0. The Balaban J connectivity index is 1.47. The van der Waals surface area contributed by atoms with Crippen molar-refractivity contribution >= 4 is 5.91 Å². The number of benzene rings is 2. The van der Waals surface area contributed by atoms with Gasteiger partial charge in [0.1, 0.15) is 17.2 Å². The molecule has 4 rings (SSSR count). The van der Waals surface area contributed by atoms with E-state index in [2.05, 4.69) is 10.1 Å². The molecule has 2 aromatic carbocycles. The Kier molecular flexibility index (Phi) is 5.56. The molecule has 0 saturated carbocycles. The first-order valence-electron chi connectivity index (χ1n) is 9.58. The average Bonchev–Trinajstić information content (AvgIpc) is 3.41. The molecule has 0 radical (unpaired) electrons. The van der Waals surface area contributed by atoms with Crippen LogP contribution in [-0.4, -0.2) is 48.8 Å². The number of nitrogens with zero attached hydrogens (tertiary/aromatic N) is 3. The summed E-state index contributed by atoms with van der Waals surface area (Å²) in [6.45, 7) is 0.959. The molecule has 0 spiro atoms. The zero-order chi connectivity index (χ0) is 21.1. The average molecular weight is 409 g/mol. The molecule has 1 amide bonds. The van der Waals surface area contributed by atoms with Crippen LogP contribution >= 0.6 is 0 Å². The van der Waals surface area contributed by atoms with E-state index in [1.807, 2.05) is 42.5 Å². The third-order valence-electron chi connectivity index (χ3n) is 5.21. The molecule has 1 atom stereocenters. The quantitative estimate of drug-likeness (QED) is 0.592. The smallest absolute Gasteiger partial charge is 0.232 e. The summed E-state index contributed by atoms with van der Waals surface area (Å²) in [6.07, 6.45) is 0.336. The monoisotopic (exact) mass is 409 g/mol. The van der Waals surface area contributed by atoms with E-state index < -0.39 is 0 Å². The van der Waals surface area contributed by atoms with E-state index in [1.54, 1.807) is 26.2 Å². The number of hydrogen-bond acceptors (Lipinski definition) is 7. The Morgan fingerprint density at radius 1 is 1.03 bits per heavy atom. The fraction of sp³-hybridized carbons (Fsp3) is 0.318. The van der Waals surface area contributed by atoms with Crippen molar-refractivity contribution in [3.05, 3.63) is 53.9 Å². The fourth-order valence-corrected chi connectivity index (χ4v) is 3.54. The Labute approximate surface area is 174 Å². The SMILES string of the molecule is COc1ccc(-c2noc(C3CC(=O)N(Cc4ccc(OC)cc4OC)C3)n2)cc1. The van der Waals surface area contributed by atoms with Gasteiger partial charge in [0, 0.05) is 36.7 Å².